The third-order valence-electron chi connectivity index (χ3n) is 5.42. The van der Waals surface area contributed by atoms with Gasteiger partial charge in [0.05, 0.1) is 12.1 Å². The maximum absolute atomic E-state index is 12.4. The van der Waals surface area contributed by atoms with Crippen LogP contribution in [0.15, 0.2) is 69.2 Å². The lowest BCUT2D eigenvalue weighted by molar-refractivity contribution is -0.118. The lowest BCUT2D eigenvalue weighted by atomic mass is 9.77. The van der Waals surface area contributed by atoms with Gasteiger partial charge in [-0.3, -0.25) is 9.59 Å². The molecule has 150 valence electrons. The molecule has 4 nitrogen and oxygen atoms in total. The average molecular weight is 407 g/mol. The van der Waals surface area contributed by atoms with Crippen LogP contribution in [-0.4, -0.2) is 22.8 Å². The molecule has 1 unspecified atom stereocenters. The number of thioether (sulfide) groups is 1. The highest BCUT2D eigenvalue weighted by atomic mass is 32.2. The summed E-state index contributed by atoms with van der Waals surface area (Å²) in [4.78, 5) is 30.3. The Morgan fingerprint density at radius 1 is 1.21 bits per heavy atom. The standard InChI is InChI=1S/C24H26N2O2S/c1-15(2)29-18-10-7-16(8-11-18)13-23(27)25-17-9-12-20-19-5-3-4-6-21(19)24(28)26-22(20)14-17/h7-12,14-15,20H,3-6,13H2,1-2H3,(H,26,28). The number of carbonyl (C=O) groups is 2. The fourth-order valence-corrected chi connectivity index (χ4v) is 4.97. The first-order valence-electron chi connectivity index (χ1n) is 10.3. The van der Waals surface area contributed by atoms with E-state index in [1.807, 2.05) is 24.3 Å². The van der Waals surface area contributed by atoms with E-state index in [4.69, 9.17) is 0 Å². The second-order valence-corrected chi connectivity index (χ2v) is 9.67. The van der Waals surface area contributed by atoms with Crippen LogP contribution in [0.2, 0.25) is 0 Å². The van der Waals surface area contributed by atoms with Crippen LogP contribution in [0.3, 0.4) is 0 Å². The monoisotopic (exact) mass is 406 g/mol. The summed E-state index contributed by atoms with van der Waals surface area (Å²) in [6, 6.07) is 8.10. The number of fused-ring (bicyclic) bond motifs is 2. The number of benzene rings is 1. The molecule has 3 aliphatic rings. The van der Waals surface area contributed by atoms with E-state index >= 15 is 0 Å². The number of hydrogen-bond acceptors (Lipinski definition) is 3. The summed E-state index contributed by atoms with van der Waals surface area (Å²) < 4.78 is 0. The van der Waals surface area contributed by atoms with Crippen molar-refractivity contribution in [1.82, 2.24) is 5.32 Å². The fraction of sp³-hybridized carbons (Fsp3) is 0.375. The summed E-state index contributed by atoms with van der Waals surface area (Å²) in [5.41, 5.74) is 4.61. The topological polar surface area (TPSA) is 58.5 Å². The van der Waals surface area contributed by atoms with E-state index in [9.17, 15) is 9.59 Å². The molecule has 1 aliphatic heterocycles. The molecule has 0 radical (unpaired) electrons. The van der Waals surface area contributed by atoms with Gasteiger partial charge in [0.15, 0.2) is 0 Å². The predicted molar refractivity (Wildman–Crippen MR) is 118 cm³/mol. The molecule has 0 spiro atoms. The van der Waals surface area contributed by atoms with Gasteiger partial charge in [-0.05, 0) is 61.1 Å². The van der Waals surface area contributed by atoms with E-state index < -0.39 is 0 Å². The minimum Gasteiger partial charge on any atom is -0.325 e. The zero-order valence-electron chi connectivity index (χ0n) is 16.9. The van der Waals surface area contributed by atoms with Crippen LogP contribution in [0.25, 0.3) is 0 Å². The first-order valence-corrected chi connectivity index (χ1v) is 11.2. The van der Waals surface area contributed by atoms with Gasteiger partial charge in [0.1, 0.15) is 0 Å². The van der Waals surface area contributed by atoms with Crippen molar-refractivity contribution in [2.24, 2.45) is 10.9 Å². The van der Waals surface area contributed by atoms with Crippen molar-refractivity contribution < 1.29 is 9.59 Å². The van der Waals surface area contributed by atoms with Crippen LogP contribution in [0, 0.1) is 5.92 Å². The summed E-state index contributed by atoms with van der Waals surface area (Å²) in [5, 5.41) is 3.54. The predicted octanol–water partition coefficient (Wildman–Crippen LogP) is 4.77. The number of aliphatic imine (C=N–C) groups is 1. The second-order valence-electron chi connectivity index (χ2n) is 8.02. The van der Waals surface area contributed by atoms with Crippen molar-refractivity contribution >= 4 is 29.3 Å². The van der Waals surface area contributed by atoms with Crippen LogP contribution in [0.4, 0.5) is 0 Å². The van der Waals surface area contributed by atoms with Crippen LogP contribution in [0.1, 0.15) is 45.1 Å². The molecule has 1 heterocycles. The lowest BCUT2D eigenvalue weighted by Gasteiger charge is -2.33. The summed E-state index contributed by atoms with van der Waals surface area (Å²) in [7, 11) is 0. The van der Waals surface area contributed by atoms with E-state index in [0.717, 1.165) is 42.5 Å². The number of hydrogen-bond donors (Lipinski definition) is 1. The highest BCUT2D eigenvalue weighted by Gasteiger charge is 2.33. The Kier molecular flexibility index (Phi) is 5.86. The Morgan fingerprint density at radius 2 is 1.97 bits per heavy atom. The second kappa shape index (κ2) is 8.54. The van der Waals surface area contributed by atoms with Crippen molar-refractivity contribution in [3.8, 4) is 0 Å². The van der Waals surface area contributed by atoms with Crippen molar-refractivity contribution in [1.29, 1.82) is 0 Å². The lowest BCUT2D eigenvalue weighted by Crippen LogP contribution is -2.37. The van der Waals surface area contributed by atoms with Crippen molar-refractivity contribution in [2.75, 3.05) is 0 Å². The van der Waals surface area contributed by atoms with Gasteiger partial charge in [0.25, 0.3) is 11.8 Å². The van der Waals surface area contributed by atoms with Crippen molar-refractivity contribution in [3.63, 3.8) is 0 Å². The normalized spacial score (nSPS) is 22.3. The Morgan fingerprint density at radius 3 is 2.72 bits per heavy atom. The molecule has 1 N–H and O–H groups in total. The van der Waals surface area contributed by atoms with Crippen LogP contribution >= 0.6 is 11.8 Å². The number of allylic oxidation sites excluding steroid dienone is 3. The maximum Gasteiger partial charge on any atom is 0.251 e. The Labute approximate surface area is 176 Å². The van der Waals surface area contributed by atoms with Gasteiger partial charge >= 0.3 is 0 Å². The number of nitrogens with one attached hydrogen (secondary N) is 1. The Bertz CT molecular complexity index is 952. The number of carbonyl (C=O) groups excluding carboxylic acids is 2. The third-order valence-corrected chi connectivity index (χ3v) is 6.44. The van der Waals surface area contributed by atoms with E-state index in [1.54, 1.807) is 11.8 Å². The molecule has 0 fully saturated rings. The van der Waals surface area contributed by atoms with E-state index in [0.29, 0.717) is 11.0 Å². The van der Waals surface area contributed by atoms with E-state index in [2.05, 4.69) is 42.4 Å². The van der Waals surface area contributed by atoms with Gasteiger partial charge < -0.3 is 5.32 Å². The van der Waals surface area contributed by atoms with Crippen molar-refractivity contribution in [3.05, 3.63) is 64.9 Å². The molecule has 1 atom stereocenters. The zero-order valence-corrected chi connectivity index (χ0v) is 17.7. The molecule has 1 aromatic carbocycles. The van der Waals surface area contributed by atoms with E-state index in [1.165, 1.54) is 10.5 Å². The molecule has 1 aromatic rings. The molecule has 2 aliphatic carbocycles. The third kappa shape index (κ3) is 4.61. The number of amides is 2. The van der Waals surface area contributed by atoms with E-state index in [-0.39, 0.29) is 24.2 Å². The van der Waals surface area contributed by atoms with Crippen molar-refractivity contribution in [2.45, 2.75) is 56.1 Å². The molecule has 0 saturated heterocycles. The molecular formula is C24H26N2O2S. The minimum absolute atomic E-state index is 0.0162. The zero-order chi connectivity index (χ0) is 20.4. The largest absolute Gasteiger partial charge is 0.325 e. The quantitative estimate of drug-likeness (QED) is 0.733. The molecule has 5 heteroatoms. The highest BCUT2D eigenvalue weighted by molar-refractivity contribution is 7.99. The number of nitrogens with zero attached hydrogens (tertiary/aromatic N) is 1. The van der Waals surface area contributed by atoms with Crippen LogP contribution < -0.4 is 5.32 Å². The highest BCUT2D eigenvalue weighted by Crippen LogP contribution is 2.38. The molecule has 2 amide bonds. The maximum atomic E-state index is 12.4. The Balaban J connectivity index is 1.45. The van der Waals surface area contributed by atoms with Gasteiger partial charge in [0.2, 0.25) is 0 Å². The molecule has 0 saturated carbocycles. The molecule has 0 bridgehead atoms. The van der Waals surface area contributed by atoms with Gasteiger partial charge in [0, 0.05) is 27.3 Å². The molecular weight excluding hydrogens is 380 g/mol. The smallest absolute Gasteiger partial charge is 0.251 e. The summed E-state index contributed by atoms with van der Waals surface area (Å²) >= 11 is 1.81. The average Bonchev–Trinajstić information content (AvgIpc) is 2.69. The van der Waals surface area contributed by atoms with Gasteiger partial charge in [-0.25, -0.2) is 4.99 Å². The SMILES string of the molecule is CC(C)Sc1ccc(CC(=O)N=C2C=CC3C(=C2)NC(=O)C2=C3CCCC2)cc1. The number of rotatable bonds is 4. The van der Waals surface area contributed by atoms with Gasteiger partial charge in [-0.1, -0.05) is 32.1 Å². The Hall–Kier alpha value is -2.40. The summed E-state index contributed by atoms with van der Waals surface area (Å²) in [6.45, 7) is 4.32. The fourth-order valence-electron chi connectivity index (χ4n) is 4.14. The van der Waals surface area contributed by atoms with Crippen LogP contribution in [-0.2, 0) is 16.0 Å². The minimum atomic E-state index is -0.177. The molecule has 29 heavy (non-hydrogen) atoms. The van der Waals surface area contributed by atoms with Crippen LogP contribution in [0.5, 0.6) is 0 Å². The van der Waals surface area contributed by atoms with Gasteiger partial charge in [-0.15, -0.1) is 11.8 Å². The van der Waals surface area contributed by atoms with Gasteiger partial charge in [-0.2, -0.15) is 0 Å². The molecule has 0 aromatic heterocycles. The summed E-state index contributed by atoms with van der Waals surface area (Å²) in [5.74, 6) is -0.0329. The molecule has 4 rings (SSSR count). The first kappa shape index (κ1) is 19.9. The first-order chi connectivity index (χ1) is 14.0. The summed E-state index contributed by atoms with van der Waals surface area (Å²) in [6.07, 6.45) is 10.2.